The number of halogens is 2. The third-order valence-corrected chi connectivity index (χ3v) is 5.11. The Morgan fingerprint density at radius 1 is 1.31 bits per heavy atom. The summed E-state index contributed by atoms with van der Waals surface area (Å²) in [6.45, 7) is 5.43. The van der Waals surface area contributed by atoms with Gasteiger partial charge in [-0.05, 0) is 57.5 Å². The van der Waals surface area contributed by atoms with Gasteiger partial charge in [0.1, 0.15) is 0 Å². The molecule has 1 aromatic heterocycles. The van der Waals surface area contributed by atoms with Crippen molar-refractivity contribution in [3.8, 4) is 0 Å². The van der Waals surface area contributed by atoms with Crippen molar-refractivity contribution >= 4 is 5.91 Å². The number of hydrogen-bond donors (Lipinski definition) is 1. The van der Waals surface area contributed by atoms with E-state index in [0.29, 0.717) is 11.3 Å². The Bertz CT molecular complexity index is 801. The van der Waals surface area contributed by atoms with Crippen molar-refractivity contribution in [2.75, 3.05) is 20.1 Å². The number of piperidine rings is 1. The number of rotatable bonds is 4. The van der Waals surface area contributed by atoms with E-state index in [1.807, 2.05) is 11.6 Å². The topological polar surface area (TPSA) is 63.1 Å². The molecular weight excluding hydrogens is 340 g/mol. The molecule has 1 unspecified atom stereocenters. The number of nitrogens with zero attached hydrogens (tertiary/aromatic N) is 4. The summed E-state index contributed by atoms with van der Waals surface area (Å²) >= 11 is 0. The largest absolute Gasteiger partial charge is 0.333 e. The fraction of sp³-hybridized carbons (Fsp3) is 0.500. The monoisotopic (exact) mass is 363 g/mol. The summed E-state index contributed by atoms with van der Waals surface area (Å²) in [5, 5.41) is 11.6. The van der Waals surface area contributed by atoms with Crippen LogP contribution in [0.2, 0.25) is 0 Å². The van der Waals surface area contributed by atoms with Gasteiger partial charge >= 0.3 is 0 Å². The average Bonchev–Trinajstić information content (AvgIpc) is 3.04. The van der Waals surface area contributed by atoms with E-state index in [2.05, 4.69) is 15.6 Å². The quantitative estimate of drug-likeness (QED) is 0.907. The van der Waals surface area contributed by atoms with Gasteiger partial charge in [-0.15, -0.1) is 5.10 Å². The number of nitrogens with one attached hydrogen (secondary N) is 1. The predicted molar refractivity (Wildman–Crippen MR) is 92.8 cm³/mol. The number of benzene rings is 1. The molecule has 0 spiro atoms. The highest BCUT2D eigenvalue weighted by Gasteiger charge is 2.27. The number of aromatic nitrogens is 3. The van der Waals surface area contributed by atoms with Gasteiger partial charge in [0, 0.05) is 7.05 Å². The van der Waals surface area contributed by atoms with Crippen molar-refractivity contribution in [1.29, 1.82) is 0 Å². The molecule has 6 nitrogen and oxygen atoms in total. The van der Waals surface area contributed by atoms with Crippen molar-refractivity contribution in [3.63, 3.8) is 0 Å². The lowest BCUT2D eigenvalue weighted by Gasteiger charge is -2.25. The van der Waals surface area contributed by atoms with E-state index in [4.69, 9.17) is 0 Å². The highest BCUT2D eigenvalue weighted by atomic mass is 19.2. The lowest BCUT2D eigenvalue weighted by molar-refractivity contribution is 0.0735. The van der Waals surface area contributed by atoms with Crippen molar-refractivity contribution in [3.05, 3.63) is 46.8 Å². The van der Waals surface area contributed by atoms with Gasteiger partial charge < -0.3 is 10.2 Å². The SMILES string of the molecule is Cc1c(C(=O)N(C)C(C)c2ccc(F)c(F)c2)nnn1C1CCNCC1. The number of carbonyl (C=O) groups excluding carboxylic acids is 1. The Hall–Kier alpha value is -2.35. The van der Waals surface area contributed by atoms with Gasteiger partial charge in [0.15, 0.2) is 17.3 Å². The summed E-state index contributed by atoms with van der Waals surface area (Å²) in [5.41, 5.74) is 1.54. The molecular formula is C18H23F2N5O. The molecule has 3 rings (SSSR count). The van der Waals surface area contributed by atoms with Crippen LogP contribution in [0.3, 0.4) is 0 Å². The molecule has 1 saturated heterocycles. The fourth-order valence-electron chi connectivity index (χ4n) is 3.28. The number of hydrogen-bond acceptors (Lipinski definition) is 4. The van der Waals surface area contributed by atoms with Crippen LogP contribution in [-0.2, 0) is 0 Å². The van der Waals surface area contributed by atoms with Gasteiger partial charge in [-0.3, -0.25) is 4.79 Å². The Labute approximate surface area is 151 Å². The van der Waals surface area contributed by atoms with Crippen LogP contribution >= 0.6 is 0 Å². The zero-order valence-electron chi connectivity index (χ0n) is 15.2. The predicted octanol–water partition coefficient (Wildman–Crippen LogP) is 2.62. The van der Waals surface area contributed by atoms with Crippen molar-refractivity contribution in [2.24, 2.45) is 0 Å². The molecule has 0 saturated carbocycles. The molecule has 26 heavy (non-hydrogen) atoms. The summed E-state index contributed by atoms with van der Waals surface area (Å²) in [7, 11) is 1.62. The van der Waals surface area contributed by atoms with Gasteiger partial charge in [0.2, 0.25) is 0 Å². The van der Waals surface area contributed by atoms with Crippen molar-refractivity contribution in [2.45, 2.75) is 38.8 Å². The van der Waals surface area contributed by atoms with Crippen LogP contribution in [0.5, 0.6) is 0 Å². The molecule has 1 aliphatic rings. The van der Waals surface area contributed by atoms with E-state index in [1.165, 1.54) is 11.0 Å². The maximum absolute atomic E-state index is 13.5. The van der Waals surface area contributed by atoms with Gasteiger partial charge in [-0.1, -0.05) is 11.3 Å². The molecule has 0 radical (unpaired) electrons. The van der Waals surface area contributed by atoms with E-state index >= 15 is 0 Å². The van der Waals surface area contributed by atoms with Crippen LogP contribution in [0.25, 0.3) is 0 Å². The van der Waals surface area contributed by atoms with E-state index in [-0.39, 0.29) is 11.9 Å². The first-order valence-corrected chi connectivity index (χ1v) is 8.74. The summed E-state index contributed by atoms with van der Waals surface area (Å²) in [6.07, 6.45) is 1.89. The lowest BCUT2D eigenvalue weighted by atomic mass is 10.1. The van der Waals surface area contributed by atoms with Gasteiger partial charge in [-0.25, -0.2) is 13.5 Å². The van der Waals surface area contributed by atoms with Crippen LogP contribution in [0.4, 0.5) is 8.78 Å². The molecule has 8 heteroatoms. The molecule has 0 aliphatic carbocycles. The lowest BCUT2D eigenvalue weighted by Crippen LogP contribution is -2.31. The minimum absolute atomic E-state index is 0.235. The van der Waals surface area contributed by atoms with Crippen LogP contribution < -0.4 is 5.32 Å². The molecule has 2 heterocycles. The highest BCUT2D eigenvalue weighted by Crippen LogP contribution is 2.24. The minimum atomic E-state index is -0.928. The summed E-state index contributed by atoms with van der Waals surface area (Å²) in [6, 6.07) is 3.46. The molecule has 140 valence electrons. The van der Waals surface area contributed by atoms with Gasteiger partial charge in [-0.2, -0.15) is 0 Å². The molecule has 1 atom stereocenters. The second-order valence-electron chi connectivity index (χ2n) is 6.71. The second kappa shape index (κ2) is 7.49. The molecule has 1 aliphatic heterocycles. The molecule has 1 fully saturated rings. The van der Waals surface area contributed by atoms with Gasteiger partial charge in [0.05, 0.1) is 17.8 Å². The highest BCUT2D eigenvalue weighted by molar-refractivity contribution is 5.93. The van der Waals surface area contributed by atoms with E-state index in [1.54, 1.807) is 14.0 Å². The molecule has 1 N–H and O–H groups in total. The van der Waals surface area contributed by atoms with Crippen molar-refractivity contribution in [1.82, 2.24) is 25.2 Å². The Morgan fingerprint density at radius 2 is 2.00 bits per heavy atom. The van der Waals surface area contributed by atoms with Crippen molar-refractivity contribution < 1.29 is 13.6 Å². The standard InChI is InChI=1S/C18H23F2N5O/c1-11(13-4-5-15(19)16(20)10-13)24(3)18(26)17-12(2)25(23-22-17)14-6-8-21-9-7-14/h4-5,10-11,14,21H,6-9H2,1-3H3. The smallest absolute Gasteiger partial charge is 0.276 e. The van der Waals surface area contributed by atoms with E-state index in [9.17, 15) is 13.6 Å². The zero-order chi connectivity index (χ0) is 18.8. The average molecular weight is 363 g/mol. The van der Waals surface area contributed by atoms with Crippen LogP contribution in [-0.4, -0.2) is 45.9 Å². The molecule has 1 amide bonds. The Kier molecular flexibility index (Phi) is 5.31. The maximum atomic E-state index is 13.5. The van der Waals surface area contributed by atoms with E-state index in [0.717, 1.165) is 43.8 Å². The minimum Gasteiger partial charge on any atom is -0.333 e. The first kappa shape index (κ1) is 18.4. The second-order valence-corrected chi connectivity index (χ2v) is 6.71. The molecule has 0 bridgehead atoms. The van der Waals surface area contributed by atoms with Crippen LogP contribution in [0.15, 0.2) is 18.2 Å². The molecule has 1 aromatic carbocycles. The molecule has 2 aromatic rings. The van der Waals surface area contributed by atoms with Crippen LogP contribution in [0, 0.1) is 18.6 Å². The van der Waals surface area contributed by atoms with Gasteiger partial charge in [0.25, 0.3) is 5.91 Å². The number of carbonyl (C=O) groups is 1. The summed E-state index contributed by atoms with van der Waals surface area (Å²) < 4.78 is 28.5. The third-order valence-electron chi connectivity index (χ3n) is 5.11. The van der Waals surface area contributed by atoms with E-state index < -0.39 is 17.7 Å². The third kappa shape index (κ3) is 3.46. The van der Waals surface area contributed by atoms with Crippen LogP contribution in [0.1, 0.15) is 53.6 Å². The Balaban J connectivity index is 1.79. The maximum Gasteiger partial charge on any atom is 0.276 e. The Morgan fingerprint density at radius 3 is 2.65 bits per heavy atom. The summed E-state index contributed by atoms with van der Waals surface area (Å²) in [4.78, 5) is 14.3. The first-order valence-electron chi connectivity index (χ1n) is 8.74. The summed E-state index contributed by atoms with van der Waals surface area (Å²) in [5.74, 6) is -2.13. The normalized spacial score (nSPS) is 16.5. The zero-order valence-corrected chi connectivity index (χ0v) is 15.2. The number of amides is 1. The first-order chi connectivity index (χ1) is 12.4. The fourth-order valence-corrected chi connectivity index (χ4v) is 3.28.